The van der Waals surface area contributed by atoms with Crippen LogP contribution in [0.25, 0.3) is 16.0 Å². The number of thiophene rings is 1. The molecule has 3 rings (SSSR count). The summed E-state index contributed by atoms with van der Waals surface area (Å²) in [5, 5.41) is 8.77. The van der Waals surface area contributed by atoms with Crippen LogP contribution in [0.3, 0.4) is 0 Å². The highest BCUT2D eigenvalue weighted by atomic mass is 32.2. The number of hydrogen-bond donors (Lipinski definition) is 3. The summed E-state index contributed by atoms with van der Waals surface area (Å²) in [5.74, 6) is 1.29. The Balaban J connectivity index is 1.77. The molecular weight excluding hydrogens is 442 g/mol. The number of allylic oxidation sites excluding steroid dienone is 1. The number of thioether (sulfide) groups is 1. The lowest BCUT2D eigenvalue weighted by Gasteiger charge is -2.14. The van der Waals surface area contributed by atoms with Crippen LogP contribution in [-0.2, 0) is 4.79 Å². The van der Waals surface area contributed by atoms with Gasteiger partial charge >= 0.3 is 0 Å². The number of nitrogens with one attached hydrogen (secondary N) is 2. The summed E-state index contributed by atoms with van der Waals surface area (Å²) in [7, 11) is 3.20. The SMILES string of the molecule is C=C(Nc1ccc(OC)c(OC)c1)S/C(=C(\C)N)c1cc(-c2cccc(NC=O)c2)cs1. The minimum Gasteiger partial charge on any atom is -0.493 e. The summed E-state index contributed by atoms with van der Waals surface area (Å²) in [6.45, 7) is 6.02. The molecule has 32 heavy (non-hydrogen) atoms. The van der Waals surface area contributed by atoms with Crippen molar-refractivity contribution >= 4 is 45.8 Å². The van der Waals surface area contributed by atoms with E-state index in [2.05, 4.69) is 28.7 Å². The molecule has 0 atom stereocenters. The molecule has 1 amide bonds. The molecule has 0 aliphatic carbocycles. The van der Waals surface area contributed by atoms with Crippen LogP contribution in [0.2, 0.25) is 0 Å². The number of hydrogen-bond acceptors (Lipinski definition) is 7. The van der Waals surface area contributed by atoms with Gasteiger partial charge in [-0.25, -0.2) is 0 Å². The van der Waals surface area contributed by atoms with Crippen molar-refractivity contribution in [2.24, 2.45) is 5.73 Å². The third-order valence-electron chi connectivity index (χ3n) is 4.50. The molecule has 0 aliphatic heterocycles. The monoisotopic (exact) mass is 467 g/mol. The summed E-state index contributed by atoms with van der Waals surface area (Å²) in [5.41, 5.74) is 10.6. The maximum atomic E-state index is 10.7. The van der Waals surface area contributed by atoms with Crippen molar-refractivity contribution in [2.75, 3.05) is 24.9 Å². The van der Waals surface area contributed by atoms with E-state index in [0.717, 1.165) is 37.3 Å². The predicted octanol–water partition coefficient (Wildman–Crippen LogP) is 5.96. The van der Waals surface area contributed by atoms with E-state index in [1.54, 1.807) is 25.6 Å². The average Bonchev–Trinajstić information content (AvgIpc) is 3.27. The molecule has 166 valence electrons. The lowest BCUT2D eigenvalue weighted by molar-refractivity contribution is -0.105. The molecule has 0 unspecified atom stereocenters. The molecule has 0 bridgehead atoms. The van der Waals surface area contributed by atoms with Crippen molar-refractivity contribution in [3.63, 3.8) is 0 Å². The van der Waals surface area contributed by atoms with Crippen LogP contribution >= 0.6 is 23.1 Å². The number of anilines is 2. The van der Waals surface area contributed by atoms with Gasteiger partial charge in [-0.3, -0.25) is 4.79 Å². The Morgan fingerprint density at radius 1 is 1.06 bits per heavy atom. The summed E-state index contributed by atoms with van der Waals surface area (Å²) >= 11 is 3.08. The van der Waals surface area contributed by atoms with E-state index in [1.807, 2.05) is 49.4 Å². The molecule has 0 saturated carbocycles. The highest BCUT2D eigenvalue weighted by molar-refractivity contribution is 8.12. The quantitative estimate of drug-likeness (QED) is 0.319. The van der Waals surface area contributed by atoms with Crippen LogP contribution in [0.4, 0.5) is 11.4 Å². The lowest BCUT2D eigenvalue weighted by atomic mass is 10.1. The first-order valence-electron chi connectivity index (χ1n) is 9.66. The van der Waals surface area contributed by atoms with E-state index >= 15 is 0 Å². The Hall–Kier alpha value is -3.36. The number of nitrogens with two attached hydrogens (primary N) is 1. The van der Waals surface area contributed by atoms with Crippen LogP contribution in [0.15, 0.2) is 71.2 Å². The van der Waals surface area contributed by atoms with Crippen LogP contribution in [0, 0.1) is 0 Å². The topological polar surface area (TPSA) is 85.6 Å². The van der Waals surface area contributed by atoms with Gasteiger partial charge in [0.1, 0.15) is 0 Å². The predicted molar refractivity (Wildman–Crippen MR) is 136 cm³/mol. The zero-order valence-electron chi connectivity index (χ0n) is 18.1. The Bertz CT molecular complexity index is 1150. The van der Waals surface area contributed by atoms with E-state index in [4.69, 9.17) is 15.2 Å². The molecule has 1 aromatic heterocycles. The average molecular weight is 468 g/mol. The fourth-order valence-electron chi connectivity index (χ4n) is 3.01. The normalized spacial score (nSPS) is 11.3. The second-order valence-electron chi connectivity index (χ2n) is 6.77. The number of amides is 1. The molecule has 0 spiro atoms. The van der Waals surface area contributed by atoms with Gasteiger partial charge in [0, 0.05) is 32.9 Å². The lowest BCUT2D eigenvalue weighted by Crippen LogP contribution is -1.99. The molecule has 3 aromatic rings. The maximum absolute atomic E-state index is 10.7. The minimum absolute atomic E-state index is 0.635. The van der Waals surface area contributed by atoms with Gasteiger partial charge in [-0.1, -0.05) is 30.5 Å². The van der Waals surface area contributed by atoms with Gasteiger partial charge in [0.2, 0.25) is 6.41 Å². The molecule has 8 heteroatoms. The zero-order valence-corrected chi connectivity index (χ0v) is 19.7. The number of carbonyl (C=O) groups excluding carboxylic acids is 1. The number of rotatable bonds is 10. The fraction of sp³-hybridized carbons (Fsp3) is 0.125. The fourth-order valence-corrected chi connectivity index (χ4v) is 4.94. The molecule has 4 N–H and O–H groups in total. The first kappa shape index (κ1) is 23.3. The van der Waals surface area contributed by atoms with Crippen molar-refractivity contribution in [3.05, 3.63) is 76.1 Å². The maximum Gasteiger partial charge on any atom is 0.211 e. The highest BCUT2D eigenvalue weighted by Gasteiger charge is 2.13. The van der Waals surface area contributed by atoms with Crippen molar-refractivity contribution in [1.82, 2.24) is 0 Å². The zero-order chi connectivity index (χ0) is 23.1. The summed E-state index contributed by atoms with van der Waals surface area (Å²) < 4.78 is 10.6. The van der Waals surface area contributed by atoms with Gasteiger partial charge in [-0.05, 0) is 53.8 Å². The van der Waals surface area contributed by atoms with Gasteiger partial charge in [0.15, 0.2) is 11.5 Å². The second kappa shape index (κ2) is 10.8. The first-order valence-corrected chi connectivity index (χ1v) is 11.4. The number of benzene rings is 2. The van der Waals surface area contributed by atoms with E-state index in [0.29, 0.717) is 23.6 Å². The standard InChI is InChI=1S/C24H25N3O3S2/c1-15(25)24(32-16(2)27-20-8-9-21(29-3)22(12-20)30-4)23-11-18(13-31-23)17-6-5-7-19(10-17)26-14-28/h5-14,27H,2,25H2,1,3-4H3,(H,26,28)/b24-15+. The third-order valence-corrected chi connectivity index (χ3v) is 6.67. The van der Waals surface area contributed by atoms with E-state index in [9.17, 15) is 4.79 Å². The Morgan fingerprint density at radius 3 is 2.53 bits per heavy atom. The summed E-state index contributed by atoms with van der Waals surface area (Å²) in [4.78, 5) is 12.7. The van der Waals surface area contributed by atoms with Crippen molar-refractivity contribution in [3.8, 4) is 22.6 Å². The van der Waals surface area contributed by atoms with Crippen molar-refractivity contribution in [2.45, 2.75) is 6.92 Å². The van der Waals surface area contributed by atoms with E-state index in [1.165, 1.54) is 11.8 Å². The number of ether oxygens (including phenoxy) is 2. The van der Waals surface area contributed by atoms with E-state index in [-0.39, 0.29) is 0 Å². The number of carbonyl (C=O) groups is 1. The molecule has 6 nitrogen and oxygen atoms in total. The Morgan fingerprint density at radius 2 is 1.84 bits per heavy atom. The van der Waals surface area contributed by atoms with Crippen molar-refractivity contribution in [1.29, 1.82) is 0 Å². The van der Waals surface area contributed by atoms with Gasteiger partial charge in [0.05, 0.1) is 19.2 Å². The molecule has 0 saturated heterocycles. The van der Waals surface area contributed by atoms with Gasteiger partial charge in [0.25, 0.3) is 0 Å². The first-order chi connectivity index (χ1) is 15.4. The largest absolute Gasteiger partial charge is 0.493 e. The molecule has 0 radical (unpaired) electrons. The minimum atomic E-state index is 0.635. The van der Waals surface area contributed by atoms with Crippen LogP contribution in [0.1, 0.15) is 11.8 Å². The van der Waals surface area contributed by atoms with Crippen LogP contribution in [0.5, 0.6) is 11.5 Å². The molecular formula is C24H25N3O3S2. The van der Waals surface area contributed by atoms with Gasteiger partial charge in [-0.15, -0.1) is 11.3 Å². The highest BCUT2D eigenvalue weighted by Crippen LogP contribution is 2.40. The van der Waals surface area contributed by atoms with Gasteiger partial charge < -0.3 is 25.8 Å². The van der Waals surface area contributed by atoms with Crippen molar-refractivity contribution < 1.29 is 14.3 Å². The Labute approximate surface area is 196 Å². The third kappa shape index (κ3) is 5.66. The molecule has 1 heterocycles. The molecule has 0 fully saturated rings. The number of methoxy groups -OCH3 is 2. The van der Waals surface area contributed by atoms with E-state index < -0.39 is 0 Å². The summed E-state index contributed by atoms with van der Waals surface area (Å²) in [6, 6.07) is 15.4. The second-order valence-corrected chi connectivity index (χ2v) is 8.79. The molecule has 0 aliphatic rings. The van der Waals surface area contributed by atoms with Crippen LogP contribution in [-0.4, -0.2) is 20.6 Å². The van der Waals surface area contributed by atoms with Gasteiger partial charge in [-0.2, -0.15) is 0 Å². The molecule has 2 aromatic carbocycles. The smallest absolute Gasteiger partial charge is 0.211 e. The van der Waals surface area contributed by atoms with Crippen LogP contribution < -0.4 is 25.8 Å². The summed E-state index contributed by atoms with van der Waals surface area (Å²) in [6.07, 6.45) is 0.671. The Kier molecular flexibility index (Phi) is 7.86.